The zero-order valence-electron chi connectivity index (χ0n) is 7.28. The van der Waals surface area contributed by atoms with Gasteiger partial charge in [-0.15, -0.1) is 0 Å². The van der Waals surface area contributed by atoms with Crippen molar-refractivity contribution in [2.24, 2.45) is 15.9 Å². The van der Waals surface area contributed by atoms with Crippen LogP contribution in [0, 0.1) is 5.92 Å². The van der Waals surface area contributed by atoms with Crippen molar-refractivity contribution in [1.29, 1.82) is 0 Å². The van der Waals surface area contributed by atoms with Gasteiger partial charge in [0, 0.05) is 5.92 Å². The lowest BCUT2D eigenvalue weighted by Crippen LogP contribution is -2.14. The van der Waals surface area contributed by atoms with Crippen LogP contribution in [-0.4, -0.2) is 18.3 Å². The van der Waals surface area contributed by atoms with E-state index in [4.69, 9.17) is 0 Å². The number of nitrogens with zero attached hydrogens (tertiary/aromatic N) is 2. The number of aliphatic imine (C=N–C) groups is 2. The molecule has 0 aliphatic carbocycles. The van der Waals surface area contributed by atoms with Gasteiger partial charge in [0.05, 0.1) is 0 Å². The third kappa shape index (κ3) is 3.24. The van der Waals surface area contributed by atoms with Gasteiger partial charge in [-0.2, -0.15) is 9.98 Å². The Hall–Kier alpha value is -1.24. The molecule has 4 nitrogen and oxygen atoms in total. The lowest BCUT2D eigenvalue weighted by molar-refractivity contribution is 0.403. The maximum absolute atomic E-state index is 9.94. The van der Waals surface area contributed by atoms with Crippen molar-refractivity contribution >= 4 is 12.2 Å². The van der Waals surface area contributed by atoms with E-state index >= 15 is 0 Å². The Labute approximate surface area is 71.4 Å². The monoisotopic (exact) mass is 168 g/mol. The van der Waals surface area contributed by atoms with Crippen LogP contribution in [0.5, 0.6) is 0 Å². The van der Waals surface area contributed by atoms with Crippen LogP contribution in [0.15, 0.2) is 9.98 Å². The Kier molecular flexibility index (Phi) is 5.80. The van der Waals surface area contributed by atoms with Crippen LogP contribution in [0.25, 0.3) is 0 Å². The Morgan fingerprint density at radius 1 is 1.08 bits per heavy atom. The summed E-state index contributed by atoms with van der Waals surface area (Å²) in [4.78, 5) is 26.7. The van der Waals surface area contributed by atoms with Gasteiger partial charge >= 0.3 is 0 Å². The molecular weight excluding hydrogens is 156 g/mol. The SMILES string of the molecule is CCC(CC)C(N=C=O)N=C=O. The molecule has 0 N–H and O–H groups in total. The van der Waals surface area contributed by atoms with Gasteiger partial charge in [0.25, 0.3) is 0 Å². The van der Waals surface area contributed by atoms with Crippen LogP contribution < -0.4 is 0 Å². The van der Waals surface area contributed by atoms with Crippen LogP contribution in [0.1, 0.15) is 26.7 Å². The highest BCUT2D eigenvalue weighted by atomic mass is 16.1. The van der Waals surface area contributed by atoms with E-state index in [0.29, 0.717) is 0 Å². The number of rotatable bonds is 5. The first-order valence-electron chi connectivity index (χ1n) is 3.94. The van der Waals surface area contributed by atoms with Crippen LogP contribution in [0.3, 0.4) is 0 Å². The fourth-order valence-corrected chi connectivity index (χ4v) is 1.06. The molecule has 0 aromatic carbocycles. The second-order valence-electron chi connectivity index (χ2n) is 2.43. The van der Waals surface area contributed by atoms with Crippen molar-refractivity contribution in [2.45, 2.75) is 32.9 Å². The minimum Gasteiger partial charge on any atom is -0.211 e. The zero-order valence-corrected chi connectivity index (χ0v) is 7.28. The second kappa shape index (κ2) is 6.47. The molecule has 0 rings (SSSR count). The first-order valence-corrected chi connectivity index (χ1v) is 3.94. The van der Waals surface area contributed by atoms with Crippen LogP contribution in [-0.2, 0) is 9.59 Å². The molecule has 0 heterocycles. The Bertz CT molecular complexity index is 193. The third-order valence-electron chi connectivity index (χ3n) is 1.84. The fraction of sp³-hybridized carbons (Fsp3) is 0.750. The Morgan fingerprint density at radius 3 is 1.75 bits per heavy atom. The number of carbonyl (C=O) groups excluding carboxylic acids is 2. The predicted molar refractivity (Wildman–Crippen MR) is 44.1 cm³/mol. The van der Waals surface area contributed by atoms with Gasteiger partial charge in [-0.25, -0.2) is 9.59 Å². The lowest BCUT2D eigenvalue weighted by atomic mass is 10.0. The summed E-state index contributed by atoms with van der Waals surface area (Å²) >= 11 is 0. The van der Waals surface area contributed by atoms with Crippen molar-refractivity contribution in [3.05, 3.63) is 0 Å². The highest BCUT2D eigenvalue weighted by Gasteiger charge is 2.15. The molecular formula is C8H12N2O2. The summed E-state index contributed by atoms with van der Waals surface area (Å²) in [6.45, 7) is 3.92. The van der Waals surface area contributed by atoms with E-state index < -0.39 is 6.17 Å². The maximum atomic E-state index is 9.94. The summed E-state index contributed by atoms with van der Waals surface area (Å²) in [7, 11) is 0. The molecule has 66 valence electrons. The minimum absolute atomic E-state index is 0.132. The molecule has 0 amide bonds. The quantitative estimate of drug-likeness (QED) is 0.460. The van der Waals surface area contributed by atoms with Crippen molar-refractivity contribution in [2.75, 3.05) is 0 Å². The van der Waals surface area contributed by atoms with E-state index in [0.717, 1.165) is 12.8 Å². The molecule has 0 unspecified atom stereocenters. The van der Waals surface area contributed by atoms with Crippen molar-refractivity contribution in [3.8, 4) is 0 Å². The van der Waals surface area contributed by atoms with E-state index in [9.17, 15) is 9.59 Å². The second-order valence-corrected chi connectivity index (χ2v) is 2.43. The van der Waals surface area contributed by atoms with E-state index in [1.165, 1.54) is 12.2 Å². The normalized spacial score (nSPS) is 11.6. The molecule has 0 aliphatic heterocycles. The third-order valence-corrected chi connectivity index (χ3v) is 1.84. The summed E-state index contributed by atoms with van der Waals surface area (Å²) in [5, 5.41) is 0. The highest BCUT2D eigenvalue weighted by Crippen LogP contribution is 2.16. The van der Waals surface area contributed by atoms with Crippen molar-refractivity contribution in [3.63, 3.8) is 0 Å². The number of isocyanates is 2. The van der Waals surface area contributed by atoms with Crippen LogP contribution >= 0.6 is 0 Å². The summed E-state index contributed by atoms with van der Waals surface area (Å²) in [6, 6.07) is 0. The largest absolute Gasteiger partial charge is 0.237 e. The van der Waals surface area contributed by atoms with E-state index in [1.54, 1.807) is 0 Å². The summed E-state index contributed by atoms with van der Waals surface area (Å²) in [5.74, 6) is 0.132. The van der Waals surface area contributed by atoms with Gasteiger partial charge in [0.2, 0.25) is 12.2 Å². The van der Waals surface area contributed by atoms with Gasteiger partial charge in [0.1, 0.15) is 0 Å². The predicted octanol–water partition coefficient (Wildman–Crippen LogP) is 1.42. The molecule has 0 atom stereocenters. The fourth-order valence-electron chi connectivity index (χ4n) is 1.06. The van der Waals surface area contributed by atoms with E-state index in [1.807, 2.05) is 13.8 Å². The average molecular weight is 168 g/mol. The van der Waals surface area contributed by atoms with Crippen molar-refractivity contribution < 1.29 is 9.59 Å². The molecule has 0 bridgehead atoms. The van der Waals surface area contributed by atoms with Crippen LogP contribution in [0.4, 0.5) is 0 Å². The standard InChI is InChI=1S/C8H12N2O2/c1-3-7(4-2)8(9-5-11)10-6-12/h7-8H,3-4H2,1-2H3. The maximum Gasteiger partial charge on any atom is 0.237 e. The van der Waals surface area contributed by atoms with Gasteiger partial charge in [0.15, 0.2) is 6.17 Å². The van der Waals surface area contributed by atoms with Gasteiger partial charge in [-0.1, -0.05) is 13.8 Å². The number of hydrogen-bond donors (Lipinski definition) is 0. The Balaban J connectivity index is 4.45. The molecule has 0 radical (unpaired) electrons. The van der Waals surface area contributed by atoms with Gasteiger partial charge in [-0.05, 0) is 12.8 Å². The minimum atomic E-state index is -0.588. The number of hydrogen-bond acceptors (Lipinski definition) is 4. The highest BCUT2D eigenvalue weighted by molar-refractivity contribution is 5.37. The smallest absolute Gasteiger partial charge is 0.211 e. The molecule has 0 aromatic heterocycles. The topological polar surface area (TPSA) is 58.9 Å². The van der Waals surface area contributed by atoms with E-state index in [2.05, 4.69) is 9.98 Å². The molecule has 0 fully saturated rings. The summed E-state index contributed by atoms with van der Waals surface area (Å²) in [6.07, 6.45) is 3.88. The van der Waals surface area contributed by atoms with Gasteiger partial charge < -0.3 is 0 Å². The molecule has 0 aliphatic rings. The van der Waals surface area contributed by atoms with E-state index in [-0.39, 0.29) is 5.92 Å². The summed E-state index contributed by atoms with van der Waals surface area (Å²) in [5.41, 5.74) is 0. The molecule has 12 heavy (non-hydrogen) atoms. The molecule has 0 saturated carbocycles. The van der Waals surface area contributed by atoms with Crippen LogP contribution in [0.2, 0.25) is 0 Å². The Morgan fingerprint density at radius 2 is 1.50 bits per heavy atom. The zero-order chi connectivity index (χ0) is 9.40. The van der Waals surface area contributed by atoms with Crippen molar-refractivity contribution in [1.82, 2.24) is 0 Å². The molecule has 0 saturated heterocycles. The molecule has 4 heteroatoms. The lowest BCUT2D eigenvalue weighted by Gasteiger charge is -2.13. The van der Waals surface area contributed by atoms with Gasteiger partial charge in [-0.3, -0.25) is 0 Å². The average Bonchev–Trinajstić information content (AvgIpc) is 2.07. The first kappa shape index (κ1) is 10.8. The molecule has 0 spiro atoms. The first-order chi connectivity index (χ1) is 5.79. The molecule has 0 aromatic rings. The summed E-state index contributed by atoms with van der Waals surface area (Å²) < 4.78 is 0.